The highest BCUT2D eigenvalue weighted by Gasteiger charge is 2.56. The summed E-state index contributed by atoms with van der Waals surface area (Å²) >= 11 is -0.731. The van der Waals surface area contributed by atoms with Crippen molar-refractivity contribution in [2.24, 2.45) is 23.7 Å². The summed E-state index contributed by atoms with van der Waals surface area (Å²) in [6.45, 7) is 1.79. The molecule has 4 rings (SSSR count). The van der Waals surface area contributed by atoms with Crippen molar-refractivity contribution in [1.29, 1.82) is 0 Å². The first kappa shape index (κ1) is 21.7. The summed E-state index contributed by atoms with van der Waals surface area (Å²) < 4.78 is 40.1. The molecule has 0 aromatic heterocycles. The van der Waals surface area contributed by atoms with Crippen LogP contribution in [0.5, 0.6) is 0 Å². The Morgan fingerprint density at radius 3 is 2.29 bits per heavy atom. The van der Waals surface area contributed by atoms with Crippen LogP contribution >= 0.6 is 12.0 Å². The van der Waals surface area contributed by atoms with Gasteiger partial charge in [0.1, 0.15) is 17.6 Å². The second-order valence-corrected chi connectivity index (χ2v) is 9.11. The zero-order chi connectivity index (χ0) is 20.4. The molecule has 4 saturated carbocycles. The quantitative estimate of drug-likeness (QED) is 0.174. The lowest BCUT2D eigenvalue weighted by molar-refractivity contribution is -0.777. The Bertz CT molecular complexity index is 558. The molecule has 10 heteroatoms. The van der Waals surface area contributed by atoms with Crippen molar-refractivity contribution in [3.8, 4) is 0 Å². The lowest BCUT2D eigenvalue weighted by Crippen LogP contribution is -2.57. The van der Waals surface area contributed by atoms with Gasteiger partial charge in [0.25, 0.3) is 0 Å². The van der Waals surface area contributed by atoms with Gasteiger partial charge in [-0.15, -0.1) is 0 Å². The Labute approximate surface area is 166 Å². The summed E-state index contributed by atoms with van der Waals surface area (Å²) in [6, 6.07) is 0. The summed E-state index contributed by atoms with van der Waals surface area (Å²) in [5.41, 5.74) is -0.389. The van der Waals surface area contributed by atoms with E-state index in [0.717, 1.165) is 37.5 Å². The van der Waals surface area contributed by atoms with Crippen molar-refractivity contribution in [1.82, 2.24) is 0 Å². The van der Waals surface area contributed by atoms with Gasteiger partial charge in [-0.1, -0.05) is 0 Å². The maximum atomic E-state index is 13.2. The molecule has 0 heterocycles. The van der Waals surface area contributed by atoms with Crippen LogP contribution in [0.2, 0.25) is 0 Å². The van der Waals surface area contributed by atoms with Gasteiger partial charge in [-0.2, -0.15) is 13.1 Å². The minimum Gasteiger partial charge on any atom is -0.691 e. The van der Waals surface area contributed by atoms with E-state index in [1.54, 1.807) is 0 Å². The molecule has 7 nitrogen and oxygen atoms in total. The largest absolute Gasteiger partial charge is 0.691 e. The number of carbonyl (C=O) groups excluding carboxylic acids is 2. The van der Waals surface area contributed by atoms with Crippen LogP contribution in [0.4, 0.5) is 8.78 Å². The van der Waals surface area contributed by atoms with Crippen LogP contribution in [0.15, 0.2) is 0 Å². The first-order chi connectivity index (χ1) is 13.2. The third-order valence-electron chi connectivity index (χ3n) is 6.51. The number of ether oxygens (including phenoxy) is 2. The van der Waals surface area contributed by atoms with Crippen LogP contribution in [0.25, 0.3) is 0 Å². The number of carbonyl (C=O) groups is 2. The van der Waals surface area contributed by atoms with Crippen molar-refractivity contribution < 1.29 is 42.5 Å². The van der Waals surface area contributed by atoms with Crippen LogP contribution < -0.4 is 5.26 Å². The molecule has 0 amide bonds. The molecule has 0 aromatic carbocycles. The number of esters is 2. The van der Waals surface area contributed by atoms with E-state index < -0.39 is 23.3 Å². The highest BCUT2D eigenvalue weighted by molar-refractivity contribution is 7.96. The average molecular weight is 423 g/mol. The predicted molar refractivity (Wildman–Crippen MR) is 91.1 cm³/mol. The Kier molecular flexibility index (Phi) is 6.84. The van der Waals surface area contributed by atoms with E-state index in [1.165, 1.54) is 6.42 Å². The Morgan fingerprint density at radius 1 is 1.11 bits per heavy atom. The fraction of sp³-hybridized carbons (Fsp3) is 0.889. The molecule has 0 N–H and O–H groups in total. The fourth-order valence-electron chi connectivity index (χ4n) is 5.29. The second kappa shape index (κ2) is 8.81. The number of alkyl halides is 2. The maximum Gasteiger partial charge on any atom is 0.415 e. The number of rotatable bonds is 10. The van der Waals surface area contributed by atoms with Gasteiger partial charge in [0.15, 0.2) is 0 Å². The van der Waals surface area contributed by atoms with Crippen molar-refractivity contribution >= 4 is 24.0 Å². The molecule has 0 atom stereocenters. The number of unbranched alkanes of at least 4 members (excludes halogenated alkanes) is 1. The highest BCUT2D eigenvalue weighted by atomic mass is 32.2. The van der Waals surface area contributed by atoms with Crippen LogP contribution in [0, 0.1) is 23.7 Å². The smallest absolute Gasteiger partial charge is 0.415 e. The van der Waals surface area contributed by atoms with Crippen molar-refractivity contribution in [3.05, 3.63) is 0 Å². The van der Waals surface area contributed by atoms with Crippen molar-refractivity contribution in [2.45, 2.75) is 69.1 Å². The van der Waals surface area contributed by atoms with E-state index in [1.807, 2.05) is 0 Å². The first-order valence-electron chi connectivity index (χ1n) is 9.65. The lowest BCUT2D eigenvalue weighted by atomic mass is 9.50. The van der Waals surface area contributed by atoms with Gasteiger partial charge in [0.2, 0.25) is 0 Å². The van der Waals surface area contributed by atoms with Crippen LogP contribution in [0.3, 0.4) is 0 Å². The number of hydrogen-bond acceptors (Lipinski definition) is 8. The summed E-state index contributed by atoms with van der Waals surface area (Å²) in [7, 11) is 0. The van der Waals surface area contributed by atoms with E-state index in [9.17, 15) is 23.6 Å². The molecule has 4 aliphatic carbocycles. The van der Waals surface area contributed by atoms with Gasteiger partial charge in [-0.3, -0.25) is 9.83 Å². The Balaban J connectivity index is 1.35. The molecular formula is C18H25F2O7S-. The minimum absolute atomic E-state index is 0.151. The third-order valence-corrected chi connectivity index (χ3v) is 7.01. The van der Waals surface area contributed by atoms with Gasteiger partial charge in [0.05, 0.1) is 6.61 Å². The van der Waals surface area contributed by atoms with Gasteiger partial charge in [0, 0.05) is 6.42 Å². The molecule has 4 bridgehead atoms. The van der Waals surface area contributed by atoms with Crippen LogP contribution in [-0.2, 0) is 28.4 Å². The normalized spacial score (nSPS) is 33.7. The Hall–Kier alpha value is -0.970. The molecule has 0 spiro atoms. The van der Waals surface area contributed by atoms with E-state index in [2.05, 4.69) is 21.0 Å². The van der Waals surface area contributed by atoms with Crippen LogP contribution in [-0.4, -0.2) is 29.4 Å². The van der Waals surface area contributed by atoms with E-state index >= 15 is 0 Å². The molecule has 0 saturated heterocycles. The Morgan fingerprint density at radius 2 is 1.71 bits per heavy atom. The second-order valence-electron chi connectivity index (χ2n) is 8.29. The fourth-order valence-corrected chi connectivity index (χ4v) is 5.53. The third kappa shape index (κ3) is 4.77. The minimum atomic E-state index is -4.04. The topological polar surface area (TPSA) is 94.1 Å². The monoisotopic (exact) mass is 423 g/mol. The van der Waals surface area contributed by atoms with Crippen LogP contribution in [0.1, 0.15) is 58.3 Å². The highest BCUT2D eigenvalue weighted by Crippen LogP contribution is 2.59. The van der Waals surface area contributed by atoms with E-state index in [0.29, 0.717) is 18.3 Å². The molecule has 28 heavy (non-hydrogen) atoms. The van der Waals surface area contributed by atoms with E-state index in [-0.39, 0.29) is 31.0 Å². The van der Waals surface area contributed by atoms with Gasteiger partial charge in [-0.05, 0) is 75.5 Å². The van der Waals surface area contributed by atoms with Gasteiger partial charge >= 0.3 is 17.2 Å². The summed E-state index contributed by atoms with van der Waals surface area (Å²) in [5.74, 6) is 0.320. The molecule has 0 aliphatic heterocycles. The number of halogens is 2. The maximum absolute atomic E-state index is 13.2. The summed E-state index contributed by atoms with van der Waals surface area (Å²) in [4.78, 5) is 23.5. The molecule has 0 radical (unpaired) electrons. The predicted octanol–water partition coefficient (Wildman–Crippen LogP) is 2.92. The molecule has 0 unspecified atom stereocenters. The summed E-state index contributed by atoms with van der Waals surface area (Å²) in [6.07, 6.45) is 6.64. The zero-order valence-electron chi connectivity index (χ0n) is 15.7. The van der Waals surface area contributed by atoms with Crippen molar-refractivity contribution in [3.63, 3.8) is 0 Å². The van der Waals surface area contributed by atoms with Crippen molar-refractivity contribution in [2.75, 3.05) is 6.61 Å². The van der Waals surface area contributed by atoms with Gasteiger partial charge in [-0.25, -0.2) is 4.79 Å². The van der Waals surface area contributed by atoms with E-state index in [4.69, 9.17) is 4.74 Å². The standard InChI is InChI=1S/C18H26F2O7S/c1-17(13-7-11-6-12(9-13)10-14(17)8-11)25-15(21)4-2-3-5-24-16(22)18(19,20)28-27-26-23/h11-14,23H,2-10H2,1H3/p-1. The molecule has 4 fully saturated rings. The lowest BCUT2D eigenvalue weighted by Gasteiger charge is -2.59. The SMILES string of the molecule is CC1(OC(=O)CCCCOC(=O)C(F)(F)SOO[O-])C2CC3CC(C2)CC1C3. The number of hydrogen-bond donors (Lipinski definition) is 0. The zero-order valence-corrected chi connectivity index (χ0v) is 16.5. The molecular weight excluding hydrogens is 398 g/mol. The van der Waals surface area contributed by atoms with Gasteiger partial charge < -0.3 is 14.7 Å². The first-order valence-corrected chi connectivity index (χ1v) is 10.4. The molecule has 160 valence electrons. The molecule has 4 aliphatic rings. The summed E-state index contributed by atoms with van der Waals surface area (Å²) in [5, 5.41) is 8.27. The molecule has 0 aromatic rings. The average Bonchev–Trinajstić information content (AvgIpc) is 2.63.